The van der Waals surface area contributed by atoms with Gasteiger partial charge in [-0.25, -0.2) is 0 Å². The third-order valence-electron chi connectivity index (χ3n) is 18.7. The van der Waals surface area contributed by atoms with E-state index in [2.05, 4.69) is 57.0 Å². The summed E-state index contributed by atoms with van der Waals surface area (Å²) in [7, 11) is 0. The Balaban J connectivity index is 0.00000182. The monoisotopic (exact) mass is 1940 g/mol. The quantitative estimate of drug-likeness (QED) is 0.00943. The molecule has 48 nitrogen and oxygen atoms in total. The number of ketones is 6. The zero-order valence-corrected chi connectivity index (χ0v) is 76.5. The van der Waals surface area contributed by atoms with Gasteiger partial charge in [0.2, 0.25) is 41.4 Å². The van der Waals surface area contributed by atoms with Crippen LogP contribution < -0.4 is 33.2 Å². The Morgan fingerprint density at radius 2 is 0.758 bits per heavy atom. The minimum atomic E-state index is -1.28. The van der Waals surface area contributed by atoms with Crippen molar-refractivity contribution in [1.29, 1.82) is 0 Å². The highest BCUT2D eigenvalue weighted by atomic mass is 32.2. The molecule has 0 bridgehead atoms. The number of carboxylic acids is 3. The number of thioether (sulfide) groups is 2. The van der Waals surface area contributed by atoms with Gasteiger partial charge in [0.15, 0.2) is 17.3 Å². The molecule has 9 unspecified atom stereocenters. The first-order valence-corrected chi connectivity index (χ1v) is 44.5. The summed E-state index contributed by atoms with van der Waals surface area (Å²) in [5.41, 5.74) is 16.5. The highest BCUT2D eigenvalue weighted by Crippen LogP contribution is 2.38. The standard InChI is InChI=1S/2C27H41N3O13S.C16H23NO7.C11H18N2O6S/c1-27(44-16-21(22(34)7-10-42-17-31)29-23(35)5-4-20(28)25(37)38)15-24(36)30(26(27)39)8-6-19(33)3-2-9-40-11-12-41-13-14-43-18-32;1-18-24(44-15-21(22(34)7-10-42-16-31)29-23(35)5-4-20(28)27(38)39)26(37)30(25(18)36)8-6-19(33)3-2-9-40-11-12-41-13-14-43-17-32;1-13-11-15(20)17(16(13)21)5-4-14(19)3-2-6-22-7-8-23-9-10-24-12-18;12-7(11(17)18)1-2-10(16)13-8(5-20)9(15)3-4-19-6-14/h17-18,20-21H,2-16,28H2,1H3,(H,29,35)(H,37,38);16-18,20-21,24H,2-15,28H2,1H3,(H,29,35)(H,38,39);11-12H,2-10H2,1H3;6-8,20H,1-5,12H2,(H,13,16)(H,17,18). The number of carbonyl (C=O) groups is 24. The van der Waals surface area contributed by atoms with Crippen LogP contribution in [0.4, 0.5) is 0 Å². The van der Waals surface area contributed by atoms with E-state index in [0.717, 1.165) is 38.2 Å². The van der Waals surface area contributed by atoms with Gasteiger partial charge in [-0.1, -0.05) is 6.92 Å². The largest absolute Gasteiger partial charge is 0.480 e. The van der Waals surface area contributed by atoms with Crippen molar-refractivity contribution in [3.05, 3.63) is 11.6 Å². The molecular formula is C81H123N9O39S3. The van der Waals surface area contributed by atoms with Gasteiger partial charge in [0.05, 0.1) is 115 Å². The second kappa shape index (κ2) is 74.0. The summed E-state index contributed by atoms with van der Waals surface area (Å²) in [5.74, 6) is -10.5. The number of rotatable bonds is 79. The maximum atomic E-state index is 13.2. The van der Waals surface area contributed by atoms with Gasteiger partial charge in [-0.15, -0.1) is 23.5 Å². The van der Waals surface area contributed by atoms with E-state index in [1.165, 1.54) is 6.08 Å². The Bertz CT molecular complexity index is 3710. The molecule has 2 fully saturated rings. The molecule has 51 heteroatoms. The zero-order chi connectivity index (χ0) is 99.2. The molecule has 0 spiro atoms. The Labute approximate surface area is 774 Å². The maximum absolute atomic E-state index is 13.2. The summed E-state index contributed by atoms with van der Waals surface area (Å²) in [6.45, 7) is 10.2. The highest BCUT2D eigenvalue weighted by molar-refractivity contribution is 8.01. The van der Waals surface area contributed by atoms with Crippen molar-refractivity contribution in [3.8, 4) is 0 Å². The van der Waals surface area contributed by atoms with Gasteiger partial charge in [-0.3, -0.25) is 130 Å². The lowest BCUT2D eigenvalue weighted by Gasteiger charge is -2.25. The van der Waals surface area contributed by atoms with Crippen LogP contribution in [0.3, 0.4) is 0 Å². The van der Waals surface area contributed by atoms with Crippen molar-refractivity contribution in [2.24, 2.45) is 23.1 Å². The Morgan fingerprint density at radius 1 is 0.439 bits per heavy atom. The van der Waals surface area contributed by atoms with E-state index < -0.39 is 123 Å². The summed E-state index contributed by atoms with van der Waals surface area (Å²) in [4.78, 5) is 281. The number of carboxylic acid groups (broad SMARTS) is 3. The van der Waals surface area contributed by atoms with Crippen molar-refractivity contribution in [1.82, 2.24) is 30.7 Å². The molecule has 3 aliphatic rings. The van der Waals surface area contributed by atoms with Gasteiger partial charge >= 0.3 is 17.9 Å². The van der Waals surface area contributed by atoms with Crippen LogP contribution in [0.15, 0.2) is 11.6 Å². The Kier molecular flexibility index (Phi) is 68.1. The van der Waals surface area contributed by atoms with E-state index in [1.807, 2.05) is 0 Å². The Morgan fingerprint density at radius 3 is 1.10 bits per heavy atom. The first-order valence-electron chi connectivity index (χ1n) is 41.8. The molecule has 0 aromatic rings. The van der Waals surface area contributed by atoms with Crippen molar-refractivity contribution >= 4 is 181 Å². The summed E-state index contributed by atoms with van der Waals surface area (Å²) >= 11 is 5.96. The molecule has 0 aromatic heterocycles. The van der Waals surface area contributed by atoms with E-state index >= 15 is 0 Å². The third-order valence-corrected chi connectivity index (χ3v) is 22.0. The first kappa shape index (κ1) is 122. The van der Waals surface area contributed by atoms with Crippen LogP contribution >= 0.6 is 36.2 Å². The normalized spacial score (nSPS) is 16.2. The third kappa shape index (κ3) is 55.1. The smallest absolute Gasteiger partial charge is 0.320 e. The lowest BCUT2D eigenvalue weighted by molar-refractivity contribution is -0.141. The molecule has 9 amide bonds. The lowest BCUT2D eigenvalue weighted by atomic mass is 10.1. The number of amides is 9. The van der Waals surface area contributed by atoms with E-state index in [-0.39, 0.29) is 240 Å². The van der Waals surface area contributed by atoms with Gasteiger partial charge in [0, 0.05) is 145 Å². The summed E-state index contributed by atoms with van der Waals surface area (Å²) in [5, 5.41) is 33.0. The Hall–Kier alpha value is -10.5. The van der Waals surface area contributed by atoms with Crippen LogP contribution in [0.5, 0.6) is 0 Å². The van der Waals surface area contributed by atoms with E-state index in [9.17, 15) is 115 Å². The number of nitrogens with one attached hydrogen (secondary N) is 3. The van der Waals surface area contributed by atoms with Crippen LogP contribution in [-0.2, 0) is 172 Å². The highest BCUT2D eigenvalue weighted by Gasteiger charge is 2.50. The molecule has 9 atom stereocenters. The lowest BCUT2D eigenvalue weighted by Crippen LogP contribution is -2.45. The second-order valence-corrected chi connectivity index (χ2v) is 31.9. The van der Waals surface area contributed by atoms with E-state index in [1.54, 1.807) is 20.8 Å². The molecule has 3 heterocycles. The minimum absolute atomic E-state index is 0.00832. The number of aliphatic carboxylic acids is 3. The number of nitrogens with zero attached hydrogens (tertiary/aromatic N) is 3. The number of nitrogens with two attached hydrogens (primary N) is 3. The fraction of sp³-hybridized carbons (Fsp3) is 0.679. The van der Waals surface area contributed by atoms with Gasteiger partial charge in [-0.05, 0) is 52.4 Å². The molecule has 0 aromatic carbocycles. The number of hydrogen-bond donors (Lipinski definition) is 10. The van der Waals surface area contributed by atoms with Crippen molar-refractivity contribution < 1.29 is 187 Å². The van der Waals surface area contributed by atoms with Crippen molar-refractivity contribution in [2.75, 3.05) is 156 Å². The molecule has 0 aliphatic carbocycles. The fourth-order valence-electron chi connectivity index (χ4n) is 11.3. The molecular weight excluding hydrogens is 1820 g/mol. The topological polar surface area (TPSA) is 705 Å². The molecule has 3 rings (SSSR count). The van der Waals surface area contributed by atoms with Gasteiger partial charge in [0.1, 0.15) is 60.0 Å². The minimum Gasteiger partial charge on any atom is -0.480 e. The number of imide groups is 3. The second-order valence-electron chi connectivity index (χ2n) is 28.9. The van der Waals surface area contributed by atoms with Crippen LogP contribution in [0.2, 0.25) is 0 Å². The van der Waals surface area contributed by atoms with Crippen LogP contribution in [0.1, 0.15) is 143 Å². The molecule has 2 saturated heterocycles. The van der Waals surface area contributed by atoms with Crippen LogP contribution in [0.25, 0.3) is 0 Å². The van der Waals surface area contributed by atoms with Crippen LogP contribution in [-0.4, -0.2) is 377 Å². The predicted octanol–water partition coefficient (Wildman–Crippen LogP) is -3.19. The number of ether oxygens (including phenoxy) is 12. The molecule has 3 aliphatic heterocycles. The predicted molar refractivity (Wildman–Crippen MR) is 461 cm³/mol. The number of Topliss-reactive ketones (excluding diaryl/α,β-unsaturated/α-hetero) is 6. The van der Waals surface area contributed by atoms with Crippen molar-refractivity contribution in [2.45, 2.75) is 189 Å². The fourth-order valence-corrected chi connectivity index (χ4v) is 14.2. The number of likely N-dealkylation sites (tertiary alicyclic amines) is 2. The maximum Gasteiger partial charge on any atom is 0.320 e. The van der Waals surface area contributed by atoms with Crippen LogP contribution in [0, 0.1) is 5.92 Å². The zero-order valence-electron chi connectivity index (χ0n) is 73.9. The molecule has 0 radical (unpaired) electrons. The molecule has 12 N–H and O–H groups in total. The number of hydrogen-bond acceptors (Lipinski definition) is 42. The average Bonchev–Trinajstić information content (AvgIpc) is 1.64. The summed E-state index contributed by atoms with van der Waals surface area (Å²) in [6.07, 6.45) is 2.03. The summed E-state index contributed by atoms with van der Waals surface area (Å²) < 4.78 is 57.2. The SMILES string of the molecule is CC1(SCC(NC(=O)CCC(N)C(=O)O)C(=O)CCOC=O)CC(=O)N(CCC(=O)CCCOCCOCCOC=O)C1=O.CC1=CC(=O)N(CCC(=O)CCCOCCOCCOC=O)C1=O.CC1C(=O)N(CCC(=O)CCCOCCOCCOC=O)C(=O)C1SCC(NC(=O)CCC(N)C(=O)O)C(=O)CCOC=O.NC(CCC(=O)NC(CS)C(=O)CCOC=O)C(=O)O. The molecule has 744 valence electrons. The summed E-state index contributed by atoms with van der Waals surface area (Å²) in [6, 6.07) is -6.64. The van der Waals surface area contributed by atoms with E-state index in [4.69, 9.17) is 60.9 Å². The van der Waals surface area contributed by atoms with E-state index in [0.29, 0.717) is 117 Å². The first-order chi connectivity index (χ1) is 62.9. The van der Waals surface area contributed by atoms with Gasteiger partial charge in [0.25, 0.3) is 50.6 Å². The number of carbonyl (C=O) groups excluding carboxylic acids is 21. The van der Waals surface area contributed by atoms with Gasteiger partial charge < -0.3 is 105 Å². The van der Waals surface area contributed by atoms with Gasteiger partial charge in [-0.2, -0.15) is 12.6 Å². The average molecular weight is 1940 g/mol. The molecule has 132 heavy (non-hydrogen) atoms. The van der Waals surface area contributed by atoms with Crippen molar-refractivity contribution in [3.63, 3.8) is 0 Å². The number of thiol groups is 1. The molecule has 0 saturated carbocycles.